The van der Waals surface area contributed by atoms with Gasteiger partial charge in [-0.3, -0.25) is 0 Å². The summed E-state index contributed by atoms with van der Waals surface area (Å²) in [6.45, 7) is 10.1. The van der Waals surface area contributed by atoms with Gasteiger partial charge in [0, 0.05) is 0 Å². The van der Waals surface area contributed by atoms with Crippen LogP contribution in [0.3, 0.4) is 0 Å². The molecule has 0 bridgehead atoms. The average Bonchev–Trinajstić information content (AvgIpc) is 2.35. The molecule has 0 aliphatic heterocycles. The summed E-state index contributed by atoms with van der Waals surface area (Å²) in [6, 6.07) is 4.18. The Morgan fingerprint density at radius 2 is 1.17 bits per heavy atom. The first-order chi connectivity index (χ1) is 8.69. The fourth-order valence-electron chi connectivity index (χ4n) is 1.73. The highest BCUT2D eigenvalue weighted by atomic mass is 16.5. The number of ether oxygens (including phenoxy) is 2. The molecule has 1 aromatic carbocycles. The second-order valence-electron chi connectivity index (χ2n) is 4.79. The van der Waals surface area contributed by atoms with Gasteiger partial charge >= 0.3 is 0 Å². The average molecular weight is 250 g/mol. The van der Waals surface area contributed by atoms with Crippen molar-refractivity contribution in [1.29, 1.82) is 0 Å². The normalized spacial score (nSPS) is 10.4. The van der Waals surface area contributed by atoms with E-state index in [0.29, 0.717) is 0 Å². The summed E-state index contributed by atoms with van der Waals surface area (Å²) in [4.78, 5) is 0. The second kappa shape index (κ2) is 8.02. The Balaban J connectivity index is 2.64. The van der Waals surface area contributed by atoms with E-state index in [1.807, 2.05) is 0 Å². The topological polar surface area (TPSA) is 18.5 Å². The van der Waals surface area contributed by atoms with Gasteiger partial charge in [0.2, 0.25) is 0 Å². The van der Waals surface area contributed by atoms with E-state index in [0.717, 1.165) is 61.5 Å². The Morgan fingerprint density at radius 3 is 1.50 bits per heavy atom. The van der Waals surface area contributed by atoms with Crippen LogP contribution < -0.4 is 9.47 Å². The molecule has 0 aliphatic rings. The summed E-state index contributed by atoms with van der Waals surface area (Å²) in [6.07, 6.45) is 4.53. The molecule has 0 radical (unpaired) electrons. The maximum absolute atomic E-state index is 5.78. The van der Waals surface area contributed by atoms with Crippen molar-refractivity contribution in [2.75, 3.05) is 13.2 Å². The van der Waals surface area contributed by atoms with E-state index in [2.05, 4.69) is 39.8 Å². The molecule has 0 N–H and O–H groups in total. The molecule has 102 valence electrons. The lowest BCUT2D eigenvalue weighted by Gasteiger charge is -2.14. The molecule has 0 amide bonds. The molecular weight excluding hydrogens is 224 g/mol. The molecule has 0 heterocycles. The summed E-state index contributed by atoms with van der Waals surface area (Å²) in [5.74, 6) is 1.98. The highest BCUT2D eigenvalue weighted by Crippen LogP contribution is 2.28. The number of hydrogen-bond donors (Lipinski definition) is 0. The SMILES string of the molecule is CCCCOc1cc(C)c(OCCCC)cc1C. The van der Waals surface area contributed by atoms with Crippen LogP contribution in [0.4, 0.5) is 0 Å². The number of aryl methyl sites for hydroxylation is 2. The first-order valence-electron chi connectivity index (χ1n) is 7.05. The van der Waals surface area contributed by atoms with Crippen molar-refractivity contribution in [3.8, 4) is 11.5 Å². The highest BCUT2D eigenvalue weighted by Gasteiger charge is 2.06. The third-order valence-corrected chi connectivity index (χ3v) is 2.98. The van der Waals surface area contributed by atoms with Crippen LogP contribution in [0.2, 0.25) is 0 Å². The van der Waals surface area contributed by atoms with Gasteiger partial charge in [-0.25, -0.2) is 0 Å². The van der Waals surface area contributed by atoms with Crippen molar-refractivity contribution in [1.82, 2.24) is 0 Å². The van der Waals surface area contributed by atoms with Crippen molar-refractivity contribution >= 4 is 0 Å². The van der Waals surface area contributed by atoms with Gasteiger partial charge < -0.3 is 9.47 Å². The van der Waals surface area contributed by atoms with Gasteiger partial charge in [-0.05, 0) is 49.9 Å². The van der Waals surface area contributed by atoms with Gasteiger partial charge in [0.05, 0.1) is 13.2 Å². The molecule has 0 aliphatic carbocycles. The summed E-state index contributed by atoms with van der Waals surface area (Å²) in [5, 5.41) is 0. The van der Waals surface area contributed by atoms with Gasteiger partial charge in [-0.1, -0.05) is 26.7 Å². The summed E-state index contributed by atoms with van der Waals surface area (Å²) in [5.41, 5.74) is 2.31. The van der Waals surface area contributed by atoms with Crippen LogP contribution in [-0.2, 0) is 0 Å². The molecule has 0 spiro atoms. The molecule has 2 heteroatoms. The summed E-state index contributed by atoms with van der Waals surface area (Å²) >= 11 is 0. The minimum absolute atomic E-state index is 0.798. The Kier molecular flexibility index (Phi) is 6.63. The highest BCUT2D eigenvalue weighted by molar-refractivity contribution is 5.45. The van der Waals surface area contributed by atoms with E-state index in [4.69, 9.17) is 9.47 Å². The third-order valence-electron chi connectivity index (χ3n) is 2.98. The predicted octanol–water partition coefficient (Wildman–Crippen LogP) is 4.66. The van der Waals surface area contributed by atoms with Crippen molar-refractivity contribution in [2.45, 2.75) is 53.4 Å². The van der Waals surface area contributed by atoms with Crippen LogP contribution in [0.5, 0.6) is 11.5 Å². The molecule has 0 aromatic heterocycles. The first-order valence-corrected chi connectivity index (χ1v) is 7.05. The fourth-order valence-corrected chi connectivity index (χ4v) is 1.73. The first kappa shape index (κ1) is 14.9. The summed E-state index contributed by atoms with van der Waals surface area (Å²) in [7, 11) is 0. The zero-order valence-corrected chi connectivity index (χ0v) is 12.2. The fraction of sp³-hybridized carbons (Fsp3) is 0.625. The Bertz CT molecular complexity index is 323. The molecule has 1 rings (SSSR count). The van der Waals surface area contributed by atoms with Crippen LogP contribution in [-0.4, -0.2) is 13.2 Å². The monoisotopic (exact) mass is 250 g/mol. The van der Waals surface area contributed by atoms with Crippen LogP contribution >= 0.6 is 0 Å². The lowest BCUT2D eigenvalue weighted by molar-refractivity contribution is 0.297. The molecule has 0 saturated carbocycles. The second-order valence-corrected chi connectivity index (χ2v) is 4.79. The van der Waals surface area contributed by atoms with E-state index < -0.39 is 0 Å². The van der Waals surface area contributed by atoms with E-state index in [1.54, 1.807) is 0 Å². The van der Waals surface area contributed by atoms with E-state index in [1.165, 1.54) is 0 Å². The molecule has 18 heavy (non-hydrogen) atoms. The van der Waals surface area contributed by atoms with Gasteiger partial charge in [0.1, 0.15) is 11.5 Å². The largest absolute Gasteiger partial charge is 0.493 e. The zero-order valence-electron chi connectivity index (χ0n) is 12.2. The molecule has 1 aromatic rings. The molecular formula is C16H26O2. The molecule has 2 nitrogen and oxygen atoms in total. The predicted molar refractivity (Wildman–Crippen MR) is 76.7 cm³/mol. The minimum Gasteiger partial charge on any atom is -0.493 e. The lowest BCUT2D eigenvalue weighted by atomic mass is 10.1. The van der Waals surface area contributed by atoms with Crippen LogP contribution in [0.1, 0.15) is 50.7 Å². The zero-order chi connectivity index (χ0) is 13.4. The molecule has 0 atom stereocenters. The van der Waals surface area contributed by atoms with E-state index >= 15 is 0 Å². The smallest absolute Gasteiger partial charge is 0.122 e. The quantitative estimate of drug-likeness (QED) is 0.625. The molecule has 0 unspecified atom stereocenters. The van der Waals surface area contributed by atoms with Gasteiger partial charge in [0.15, 0.2) is 0 Å². The van der Waals surface area contributed by atoms with Crippen molar-refractivity contribution in [3.05, 3.63) is 23.3 Å². The van der Waals surface area contributed by atoms with Gasteiger partial charge in [0.25, 0.3) is 0 Å². The van der Waals surface area contributed by atoms with E-state index in [-0.39, 0.29) is 0 Å². The maximum Gasteiger partial charge on any atom is 0.122 e. The van der Waals surface area contributed by atoms with Crippen LogP contribution in [0.25, 0.3) is 0 Å². The van der Waals surface area contributed by atoms with Crippen molar-refractivity contribution in [3.63, 3.8) is 0 Å². The third kappa shape index (κ3) is 4.59. The van der Waals surface area contributed by atoms with Crippen molar-refractivity contribution in [2.24, 2.45) is 0 Å². The molecule has 0 fully saturated rings. The number of unbranched alkanes of at least 4 members (excludes halogenated alkanes) is 2. The number of rotatable bonds is 8. The lowest BCUT2D eigenvalue weighted by Crippen LogP contribution is -2.02. The summed E-state index contributed by atoms with van der Waals surface area (Å²) < 4.78 is 11.6. The Morgan fingerprint density at radius 1 is 0.778 bits per heavy atom. The van der Waals surface area contributed by atoms with Crippen LogP contribution in [0.15, 0.2) is 12.1 Å². The Labute approximate surface area is 111 Å². The Hall–Kier alpha value is -1.18. The van der Waals surface area contributed by atoms with E-state index in [9.17, 15) is 0 Å². The minimum atomic E-state index is 0.798. The number of hydrogen-bond acceptors (Lipinski definition) is 2. The number of benzene rings is 1. The molecule has 0 saturated heterocycles. The van der Waals surface area contributed by atoms with Gasteiger partial charge in [-0.2, -0.15) is 0 Å². The van der Waals surface area contributed by atoms with Gasteiger partial charge in [-0.15, -0.1) is 0 Å². The van der Waals surface area contributed by atoms with Crippen molar-refractivity contribution < 1.29 is 9.47 Å². The van der Waals surface area contributed by atoms with Crippen LogP contribution in [0, 0.1) is 13.8 Å². The standard InChI is InChI=1S/C16H26O2/c1-5-7-9-17-15-11-14(4)16(12-13(15)3)18-10-8-6-2/h11-12H,5-10H2,1-4H3. The maximum atomic E-state index is 5.78.